The zero-order valence-electron chi connectivity index (χ0n) is 37.8. The van der Waals surface area contributed by atoms with E-state index in [1.54, 1.807) is 72.8 Å². The lowest BCUT2D eigenvalue weighted by atomic mass is 9.79. The number of aldehydes is 2. The summed E-state index contributed by atoms with van der Waals surface area (Å²) in [7, 11) is 0. The molecule has 7 aromatic rings. The number of hydrogen-bond donors (Lipinski definition) is 0. The molecule has 0 saturated carbocycles. The minimum absolute atomic E-state index is 0.147. The lowest BCUT2D eigenvalue weighted by Gasteiger charge is -2.33. The number of unbranched alkanes of at least 4 members (excludes halogenated alkanes) is 2. The first-order valence-corrected chi connectivity index (χ1v) is 23.3. The molecule has 0 radical (unpaired) electrons. The largest absolute Gasteiger partial charge is 0.298 e. The maximum absolute atomic E-state index is 14.9. The summed E-state index contributed by atoms with van der Waals surface area (Å²) in [4.78, 5) is 84.8. The van der Waals surface area contributed by atoms with Gasteiger partial charge < -0.3 is 0 Å². The van der Waals surface area contributed by atoms with Crippen molar-refractivity contribution in [2.24, 2.45) is 11.8 Å². The summed E-state index contributed by atoms with van der Waals surface area (Å²) in [6.45, 7) is 9.07. The minimum atomic E-state index is -0.375. The SMILES string of the molecule is CCCCC(CC)CN1C(=O)c2ccc3c4c(C#Cc5ccc(C=O)cc5)cc5c6c(ccc(c7c(C#Cc8ccc(C=O)cc8)cc(c2c37)C1=O)c64)C(=O)N(CC(CC)CCCC)C5=O. The first-order valence-electron chi connectivity index (χ1n) is 23.3. The van der Waals surface area contributed by atoms with E-state index in [4.69, 9.17) is 0 Å². The number of hydrogen-bond acceptors (Lipinski definition) is 6. The monoisotopic (exact) mass is 870 g/mol. The van der Waals surface area contributed by atoms with Crippen LogP contribution in [0.25, 0.3) is 43.1 Å². The highest BCUT2D eigenvalue weighted by Crippen LogP contribution is 2.49. The lowest BCUT2D eigenvalue weighted by Crippen LogP contribution is -2.43. The second-order valence-corrected chi connectivity index (χ2v) is 17.8. The van der Waals surface area contributed by atoms with E-state index in [0.29, 0.717) is 112 Å². The Balaban J connectivity index is 1.37. The number of carbonyl (C=O) groups excluding carboxylic acids is 6. The maximum atomic E-state index is 14.9. The zero-order valence-corrected chi connectivity index (χ0v) is 37.8. The number of imide groups is 2. The molecule has 9 rings (SSSR count). The molecule has 328 valence electrons. The Morgan fingerprint density at radius 1 is 0.455 bits per heavy atom. The van der Waals surface area contributed by atoms with Crippen LogP contribution in [0, 0.1) is 35.5 Å². The fourth-order valence-corrected chi connectivity index (χ4v) is 10.0. The van der Waals surface area contributed by atoms with Gasteiger partial charge in [0.1, 0.15) is 12.6 Å². The molecule has 0 aliphatic carbocycles. The van der Waals surface area contributed by atoms with Gasteiger partial charge in [-0.1, -0.05) is 126 Å². The molecule has 2 aliphatic rings. The molecule has 4 amide bonds. The van der Waals surface area contributed by atoms with Gasteiger partial charge in [0.2, 0.25) is 0 Å². The molecule has 8 heteroatoms. The van der Waals surface area contributed by atoms with Crippen molar-refractivity contribution in [3.8, 4) is 23.7 Å². The highest BCUT2D eigenvalue weighted by Gasteiger charge is 2.39. The zero-order chi connectivity index (χ0) is 46.2. The predicted molar refractivity (Wildman–Crippen MR) is 261 cm³/mol. The van der Waals surface area contributed by atoms with Gasteiger partial charge in [0.15, 0.2) is 0 Å². The molecule has 0 spiro atoms. The molecule has 0 bridgehead atoms. The Morgan fingerprint density at radius 3 is 1.18 bits per heavy atom. The Bertz CT molecular complexity index is 3060. The van der Waals surface area contributed by atoms with E-state index in [1.807, 2.05) is 12.1 Å². The number of rotatable bonds is 14. The molecule has 0 fully saturated rings. The fourth-order valence-electron chi connectivity index (χ4n) is 10.0. The third kappa shape index (κ3) is 7.51. The highest BCUT2D eigenvalue weighted by molar-refractivity contribution is 6.42. The van der Waals surface area contributed by atoms with E-state index in [-0.39, 0.29) is 35.5 Å². The standard InChI is InChI=1S/C58H50N2O6/c1-5-9-11-35(7-3)31-59-55(63)45-27-25-43-50-42(24-22-38-15-19-40(34-62)20-16-38)30-48-52-46(56(64)60(58(48)66)32-36(8-4)12-10-6-2)28-26-44(54(50)52)49-41(29-47(57(59)65)51(45)53(43)49)23-21-37-13-17-39(33-61)18-14-37/h13-20,25-30,33-36H,5-12,31-32H2,1-4H3. The summed E-state index contributed by atoms with van der Waals surface area (Å²) in [5, 5.41) is 5.22. The van der Waals surface area contributed by atoms with Gasteiger partial charge in [-0.25, -0.2) is 0 Å². The van der Waals surface area contributed by atoms with Gasteiger partial charge in [-0.05, 0) is 84.0 Å². The Morgan fingerprint density at radius 2 is 0.833 bits per heavy atom. The van der Waals surface area contributed by atoms with E-state index in [0.717, 1.165) is 63.9 Å². The van der Waals surface area contributed by atoms with Crippen LogP contribution in [-0.4, -0.2) is 59.1 Å². The van der Waals surface area contributed by atoms with Crippen molar-refractivity contribution in [1.29, 1.82) is 0 Å². The van der Waals surface area contributed by atoms with Crippen LogP contribution < -0.4 is 0 Å². The van der Waals surface area contributed by atoms with Gasteiger partial charge in [-0.15, -0.1) is 0 Å². The summed E-state index contributed by atoms with van der Waals surface area (Å²) < 4.78 is 0. The number of fused-ring (bicyclic) bond motifs is 2. The van der Waals surface area contributed by atoms with Crippen LogP contribution in [0.3, 0.4) is 0 Å². The normalized spacial score (nSPS) is 14.2. The molecule has 0 saturated heterocycles. The molecule has 8 nitrogen and oxygen atoms in total. The second-order valence-electron chi connectivity index (χ2n) is 17.8. The van der Waals surface area contributed by atoms with Gasteiger partial charge in [-0.3, -0.25) is 38.6 Å². The number of carbonyl (C=O) groups is 6. The first-order chi connectivity index (χ1) is 32.1. The van der Waals surface area contributed by atoms with E-state index in [2.05, 4.69) is 51.4 Å². The molecule has 0 N–H and O–H groups in total. The van der Waals surface area contributed by atoms with Crippen molar-refractivity contribution < 1.29 is 28.8 Å². The Hall–Kier alpha value is -7.42. The van der Waals surface area contributed by atoms with E-state index in [1.165, 1.54) is 9.80 Å². The van der Waals surface area contributed by atoms with Crippen LogP contribution in [0.4, 0.5) is 0 Å². The molecule has 0 aromatic heterocycles. The van der Waals surface area contributed by atoms with Gasteiger partial charge >= 0.3 is 0 Å². The van der Waals surface area contributed by atoms with Crippen molar-refractivity contribution in [3.63, 3.8) is 0 Å². The van der Waals surface area contributed by atoms with Crippen LogP contribution in [0.1, 0.15) is 163 Å². The van der Waals surface area contributed by atoms with E-state index < -0.39 is 0 Å². The first kappa shape index (κ1) is 43.8. The van der Waals surface area contributed by atoms with Crippen LogP contribution in [0.2, 0.25) is 0 Å². The van der Waals surface area contributed by atoms with Gasteiger partial charge in [-0.2, -0.15) is 0 Å². The minimum Gasteiger partial charge on any atom is -0.298 e. The molecule has 2 unspecified atom stereocenters. The Kier molecular flexibility index (Phi) is 12.1. The van der Waals surface area contributed by atoms with Crippen LogP contribution >= 0.6 is 0 Å². The fraction of sp³-hybridized carbons (Fsp3) is 0.276. The molecular weight excluding hydrogens is 821 g/mol. The third-order valence-corrected chi connectivity index (χ3v) is 13.8. The topological polar surface area (TPSA) is 109 Å². The van der Waals surface area contributed by atoms with E-state index in [9.17, 15) is 28.8 Å². The maximum Gasteiger partial charge on any atom is 0.261 e. The number of amides is 4. The second kappa shape index (κ2) is 18.2. The summed E-state index contributed by atoms with van der Waals surface area (Å²) >= 11 is 0. The molecule has 2 aliphatic heterocycles. The smallest absolute Gasteiger partial charge is 0.261 e. The average Bonchev–Trinajstić information content (AvgIpc) is 3.35. The van der Waals surface area contributed by atoms with Crippen molar-refractivity contribution in [2.45, 2.75) is 79.1 Å². The van der Waals surface area contributed by atoms with Crippen molar-refractivity contribution in [3.05, 3.63) is 141 Å². The van der Waals surface area contributed by atoms with E-state index >= 15 is 0 Å². The summed E-state index contributed by atoms with van der Waals surface area (Å²) in [5.41, 5.74) is 5.04. The highest BCUT2D eigenvalue weighted by atomic mass is 16.2. The van der Waals surface area contributed by atoms with Crippen LogP contribution in [0.15, 0.2) is 84.9 Å². The number of benzene rings is 7. The van der Waals surface area contributed by atoms with Crippen molar-refractivity contribution in [1.82, 2.24) is 9.80 Å². The molecule has 7 aromatic carbocycles. The summed E-state index contributed by atoms with van der Waals surface area (Å²) in [6.07, 6.45) is 9.04. The van der Waals surface area contributed by atoms with Crippen molar-refractivity contribution >= 4 is 79.3 Å². The molecule has 2 atom stereocenters. The van der Waals surface area contributed by atoms with Crippen LogP contribution in [-0.2, 0) is 0 Å². The molecule has 66 heavy (non-hydrogen) atoms. The Labute approximate surface area is 384 Å². The van der Waals surface area contributed by atoms with Gasteiger partial charge in [0.25, 0.3) is 23.6 Å². The summed E-state index contributed by atoms with van der Waals surface area (Å²) in [6, 6.07) is 24.9. The van der Waals surface area contributed by atoms with Crippen molar-refractivity contribution in [2.75, 3.05) is 13.1 Å². The molecular formula is C58H50N2O6. The summed E-state index contributed by atoms with van der Waals surface area (Å²) in [5.74, 6) is 12.2. The quantitative estimate of drug-likeness (QED) is 0.0354. The van der Waals surface area contributed by atoms with Crippen LogP contribution in [0.5, 0.6) is 0 Å². The molecule has 2 heterocycles. The van der Waals surface area contributed by atoms with Gasteiger partial charge in [0, 0.05) is 101 Å². The third-order valence-electron chi connectivity index (χ3n) is 13.8. The average molecular weight is 871 g/mol. The number of nitrogens with zero attached hydrogens (tertiary/aromatic N) is 2. The van der Waals surface area contributed by atoms with Gasteiger partial charge in [0.05, 0.1) is 0 Å². The predicted octanol–water partition coefficient (Wildman–Crippen LogP) is 11.8. The lowest BCUT2D eigenvalue weighted by molar-refractivity contribution is 0.0565.